The van der Waals surface area contributed by atoms with Gasteiger partial charge in [0.05, 0.1) is 0 Å². The summed E-state index contributed by atoms with van der Waals surface area (Å²) >= 11 is 1.22. The molecule has 3 rings (SSSR count). The number of carboxylic acid groups (broad SMARTS) is 1. The van der Waals surface area contributed by atoms with Gasteiger partial charge in [-0.15, -0.1) is 11.3 Å². The van der Waals surface area contributed by atoms with Crippen LogP contribution in [0.25, 0.3) is 10.1 Å². The highest BCUT2D eigenvalue weighted by molar-refractivity contribution is 7.20. The number of nitrogens with one attached hydrogen (secondary N) is 1. The second-order valence-electron chi connectivity index (χ2n) is 5.08. The molecule has 1 aromatic carbocycles. The standard InChI is InChI=1S/C17H14N2O3S/c20-16(6-3-11-2-1-7-18-10-11)19-13-4-5-14-12(8-13)9-15(23-14)17(21)22/h1-2,4-5,7-10H,3,6H2,(H,19,20)(H,21,22). The van der Waals surface area contributed by atoms with E-state index in [4.69, 9.17) is 5.11 Å². The summed E-state index contributed by atoms with van der Waals surface area (Å²) < 4.78 is 0.885. The van der Waals surface area contributed by atoms with Gasteiger partial charge in [0.2, 0.25) is 5.91 Å². The molecule has 0 radical (unpaired) electrons. The molecule has 0 aliphatic rings. The van der Waals surface area contributed by atoms with Gasteiger partial charge in [0.15, 0.2) is 0 Å². The Morgan fingerprint density at radius 1 is 1.22 bits per heavy atom. The van der Waals surface area contributed by atoms with Crippen molar-refractivity contribution in [1.29, 1.82) is 0 Å². The lowest BCUT2D eigenvalue weighted by atomic mass is 10.1. The van der Waals surface area contributed by atoms with Crippen LogP contribution in [0, 0.1) is 0 Å². The molecule has 2 aromatic heterocycles. The molecule has 3 aromatic rings. The molecule has 2 N–H and O–H groups in total. The molecule has 0 aliphatic heterocycles. The van der Waals surface area contributed by atoms with Crippen molar-refractivity contribution < 1.29 is 14.7 Å². The van der Waals surface area contributed by atoms with Gasteiger partial charge < -0.3 is 10.4 Å². The van der Waals surface area contributed by atoms with Crippen LogP contribution < -0.4 is 5.32 Å². The maximum Gasteiger partial charge on any atom is 0.345 e. The summed E-state index contributed by atoms with van der Waals surface area (Å²) in [5, 5.41) is 12.7. The highest BCUT2D eigenvalue weighted by Crippen LogP contribution is 2.28. The molecule has 2 heterocycles. The molecule has 0 bridgehead atoms. The molecule has 5 nitrogen and oxygen atoms in total. The average molecular weight is 326 g/mol. The summed E-state index contributed by atoms with van der Waals surface area (Å²) in [6.45, 7) is 0. The molecule has 1 amide bonds. The lowest BCUT2D eigenvalue weighted by Gasteiger charge is -2.05. The van der Waals surface area contributed by atoms with E-state index >= 15 is 0 Å². The van der Waals surface area contributed by atoms with E-state index in [1.165, 1.54) is 11.3 Å². The first-order valence-corrected chi connectivity index (χ1v) is 7.89. The van der Waals surface area contributed by atoms with Crippen molar-refractivity contribution in [3.63, 3.8) is 0 Å². The second-order valence-corrected chi connectivity index (χ2v) is 6.16. The van der Waals surface area contributed by atoms with Gasteiger partial charge >= 0.3 is 5.97 Å². The monoisotopic (exact) mass is 326 g/mol. The van der Waals surface area contributed by atoms with Gasteiger partial charge in [0, 0.05) is 29.2 Å². The third kappa shape index (κ3) is 3.73. The van der Waals surface area contributed by atoms with Crippen LogP contribution >= 0.6 is 11.3 Å². The Balaban J connectivity index is 1.66. The first-order chi connectivity index (χ1) is 11.1. The Morgan fingerprint density at radius 3 is 2.83 bits per heavy atom. The smallest absolute Gasteiger partial charge is 0.345 e. The van der Waals surface area contributed by atoms with E-state index in [1.807, 2.05) is 18.2 Å². The number of thiophene rings is 1. The first-order valence-electron chi connectivity index (χ1n) is 7.07. The normalized spacial score (nSPS) is 10.6. The molecule has 6 heteroatoms. The molecule has 0 unspecified atom stereocenters. The number of hydrogen-bond donors (Lipinski definition) is 2. The number of amides is 1. The number of aryl methyl sites for hydroxylation is 1. The fraction of sp³-hybridized carbons (Fsp3) is 0.118. The number of pyridine rings is 1. The van der Waals surface area contributed by atoms with Gasteiger partial charge in [-0.2, -0.15) is 0 Å². The third-order valence-corrected chi connectivity index (χ3v) is 4.48. The van der Waals surface area contributed by atoms with E-state index in [2.05, 4.69) is 10.3 Å². The highest BCUT2D eigenvalue weighted by atomic mass is 32.1. The van der Waals surface area contributed by atoms with Crippen LogP contribution in [0.5, 0.6) is 0 Å². The molecule has 0 atom stereocenters. The number of carbonyl (C=O) groups excluding carboxylic acids is 1. The number of nitrogens with zero attached hydrogens (tertiary/aromatic N) is 1. The third-order valence-electron chi connectivity index (χ3n) is 3.37. The zero-order chi connectivity index (χ0) is 16.2. The van der Waals surface area contributed by atoms with Crippen molar-refractivity contribution >= 4 is 39.0 Å². The Labute approximate surface area is 136 Å². The van der Waals surface area contributed by atoms with Crippen LogP contribution in [0.2, 0.25) is 0 Å². The van der Waals surface area contributed by atoms with E-state index in [9.17, 15) is 9.59 Å². The predicted octanol–water partition coefficient (Wildman–Crippen LogP) is 3.57. The van der Waals surface area contributed by atoms with Crippen LogP contribution in [-0.4, -0.2) is 22.0 Å². The predicted molar refractivity (Wildman–Crippen MR) is 90.0 cm³/mol. The SMILES string of the molecule is O=C(CCc1cccnc1)Nc1ccc2sc(C(=O)O)cc2c1. The maximum absolute atomic E-state index is 12.0. The molecular formula is C17H14N2O3S. The number of anilines is 1. The molecule has 0 fully saturated rings. The van der Waals surface area contributed by atoms with E-state index in [0.29, 0.717) is 23.4 Å². The summed E-state index contributed by atoms with van der Waals surface area (Å²) in [4.78, 5) is 27.3. The molecule has 0 saturated heterocycles. The van der Waals surface area contributed by atoms with E-state index in [-0.39, 0.29) is 5.91 Å². The quantitative estimate of drug-likeness (QED) is 0.751. The fourth-order valence-corrected chi connectivity index (χ4v) is 3.14. The number of hydrogen-bond acceptors (Lipinski definition) is 4. The van der Waals surface area contributed by atoms with E-state index < -0.39 is 5.97 Å². The lowest BCUT2D eigenvalue weighted by Crippen LogP contribution is -2.12. The molecular weight excluding hydrogens is 312 g/mol. The van der Waals surface area contributed by atoms with Crippen LogP contribution in [-0.2, 0) is 11.2 Å². The van der Waals surface area contributed by atoms with Crippen molar-refractivity contribution in [3.05, 3.63) is 59.2 Å². The number of fused-ring (bicyclic) bond motifs is 1. The minimum atomic E-state index is -0.937. The van der Waals surface area contributed by atoms with E-state index in [1.54, 1.807) is 30.6 Å². The van der Waals surface area contributed by atoms with Gasteiger partial charge in [-0.1, -0.05) is 6.07 Å². The van der Waals surface area contributed by atoms with Gasteiger partial charge in [-0.3, -0.25) is 9.78 Å². The van der Waals surface area contributed by atoms with Crippen molar-refractivity contribution in [2.24, 2.45) is 0 Å². The Hall–Kier alpha value is -2.73. The largest absolute Gasteiger partial charge is 0.477 e. The fourth-order valence-electron chi connectivity index (χ4n) is 2.25. The zero-order valence-corrected chi connectivity index (χ0v) is 13.0. The van der Waals surface area contributed by atoms with E-state index in [0.717, 1.165) is 15.6 Å². The van der Waals surface area contributed by atoms with Crippen molar-refractivity contribution in [2.45, 2.75) is 12.8 Å². The number of carboxylic acids is 1. The molecule has 0 aliphatic carbocycles. The Morgan fingerprint density at radius 2 is 2.09 bits per heavy atom. The molecule has 0 spiro atoms. The number of carbonyl (C=O) groups is 2. The Kier molecular flexibility index (Phi) is 4.34. The summed E-state index contributed by atoms with van der Waals surface area (Å²) in [5.41, 5.74) is 1.69. The van der Waals surface area contributed by atoms with Crippen molar-refractivity contribution in [3.8, 4) is 0 Å². The molecule has 23 heavy (non-hydrogen) atoms. The average Bonchev–Trinajstić information content (AvgIpc) is 2.97. The number of rotatable bonds is 5. The number of benzene rings is 1. The van der Waals surface area contributed by atoms with Gasteiger partial charge in [0.1, 0.15) is 4.88 Å². The summed E-state index contributed by atoms with van der Waals surface area (Å²) in [6, 6.07) is 10.8. The number of aromatic nitrogens is 1. The van der Waals surface area contributed by atoms with Crippen LogP contribution in [0.15, 0.2) is 48.8 Å². The minimum Gasteiger partial charge on any atom is -0.477 e. The summed E-state index contributed by atoms with van der Waals surface area (Å²) in [5.74, 6) is -1.02. The number of aromatic carboxylic acids is 1. The highest BCUT2D eigenvalue weighted by Gasteiger charge is 2.09. The summed E-state index contributed by atoms with van der Waals surface area (Å²) in [6.07, 6.45) is 4.44. The van der Waals surface area contributed by atoms with Gasteiger partial charge in [-0.25, -0.2) is 4.79 Å². The topological polar surface area (TPSA) is 79.3 Å². The van der Waals surface area contributed by atoms with Crippen molar-refractivity contribution in [1.82, 2.24) is 4.98 Å². The van der Waals surface area contributed by atoms with Gasteiger partial charge in [-0.05, 0) is 47.7 Å². The molecule has 0 saturated carbocycles. The Bertz CT molecular complexity index is 859. The molecule has 116 valence electrons. The summed E-state index contributed by atoms with van der Waals surface area (Å²) in [7, 11) is 0. The van der Waals surface area contributed by atoms with Crippen LogP contribution in [0.1, 0.15) is 21.7 Å². The van der Waals surface area contributed by atoms with Crippen molar-refractivity contribution in [2.75, 3.05) is 5.32 Å². The maximum atomic E-state index is 12.0. The van der Waals surface area contributed by atoms with Gasteiger partial charge in [0.25, 0.3) is 0 Å². The second kappa shape index (κ2) is 6.58. The first kappa shape index (κ1) is 15.2. The van der Waals surface area contributed by atoms with Crippen LogP contribution in [0.4, 0.5) is 5.69 Å². The van der Waals surface area contributed by atoms with Crippen LogP contribution in [0.3, 0.4) is 0 Å². The lowest BCUT2D eigenvalue weighted by molar-refractivity contribution is -0.116. The zero-order valence-electron chi connectivity index (χ0n) is 12.2. The minimum absolute atomic E-state index is 0.0816.